The Bertz CT molecular complexity index is 1010. The molecule has 0 aliphatic heterocycles. The van der Waals surface area contributed by atoms with Crippen molar-refractivity contribution in [2.45, 2.75) is 13.5 Å². The topological polar surface area (TPSA) is 83.6 Å². The number of ether oxygens (including phenoxy) is 2. The summed E-state index contributed by atoms with van der Waals surface area (Å²) in [5.74, 6) is 0.0848. The Morgan fingerprint density at radius 1 is 1.15 bits per heavy atom. The first-order chi connectivity index (χ1) is 12.5. The molecule has 0 unspecified atom stereocenters. The summed E-state index contributed by atoms with van der Waals surface area (Å²) in [5, 5.41) is 0.642. The van der Waals surface area contributed by atoms with Gasteiger partial charge < -0.3 is 19.8 Å². The maximum Gasteiger partial charge on any atom is 0.343 e. The van der Waals surface area contributed by atoms with Crippen LogP contribution in [0.25, 0.3) is 10.9 Å². The molecule has 0 fully saturated rings. The highest BCUT2D eigenvalue weighted by Crippen LogP contribution is 2.22. The van der Waals surface area contributed by atoms with Crippen molar-refractivity contribution in [2.75, 3.05) is 19.5 Å². The average molecular weight is 352 g/mol. The number of nitrogens with two attached hydrogens (primary N) is 1. The number of hydrogen-bond donors (Lipinski definition) is 1. The Hall–Kier alpha value is -3.28. The van der Waals surface area contributed by atoms with Gasteiger partial charge in [-0.3, -0.25) is 4.79 Å². The molecule has 3 aromatic rings. The van der Waals surface area contributed by atoms with E-state index in [1.54, 1.807) is 30.7 Å². The number of carbonyl (C=O) groups is 1. The number of aromatic nitrogens is 1. The molecule has 0 amide bonds. The number of anilines is 1. The van der Waals surface area contributed by atoms with Crippen LogP contribution >= 0.6 is 0 Å². The maximum absolute atomic E-state index is 12.9. The van der Waals surface area contributed by atoms with Gasteiger partial charge in [-0.25, -0.2) is 4.79 Å². The fourth-order valence-corrected chi connectivity index (χ4v) is 2.85. The van der Waals surface area contributed by atoms with Gasteiger partial charge in [0.2, 0.25) is 0 Å². The molecular weight excluding hydrogens is 332 g/mol. The van der Waals surface area contributed by atoms with Crippen LogP contribution in [-0.4, -0.2) is 24.3 Å². The SMILES string of the molecule is CCOC(=O)c1cc2c(N)cccc2n(Cc2ccc(OC)cc2)c1=O. The molecule has 1 aromatic heterocycles. The molecule has 0 saturated heterocycles. The van der Waals surface area contributed by atoms with Crippen LogP contribution in [0.4, 0.5) is 5.69 Å². The minimum atomic E-state index is -0.647. The van der Waals surface area contributed by atoms with Crippen LogP contribution in [0.5, 0.6) is 5.75 Å². The second kappa shape index (κ2) is 7.31. The first kappa shape index (κ1) is 17.5. The number of pyridine rings is 1. The molecule has 2 N–H and O–H groups in total. The summed E-state index contributed by atoms with van der Waals surface area (Å²) in [7, 11) is 1.60. The van der Waals surface area contributed by atoms with Crippen molar-refractivity contribution in [2.24, 2.45) is 0 Å². The van der Waals surface area contributed by atoms with Gasteiger partial charge >= 0.3 is 5.97 Å². The molecule has 0 aliphatic rings. The van der Waals surface area contributed by atoms with Crippen LogP contribution in [0.3, 0.4) is 0 Å². The minimum Gasteiger partial charge on any atom is -0.497 e. The number of nitrogens with zero attached hydrogens (tertiary/aromatic N) is 1. The Labute approximate surface area is 150 Å². The highest BCUT2D eigenvalue weighted by molar-refractivity contribution is 5.98. The van der Waals surface area contributed by atoms with E-state index in [9.17, 15) is 9.59 Å². The molecule has 2 aromatic carbocycles. The molecular formula is C20H20N2O4. The van der Waals surface area contributed by atoms with Gasteiger partial charge in [0.1, 0.15) is 11.3 Å². The van der Waals surface area contributed by atoms with Crippen LogP contribution in [-0.2, 0) is 11.3 Å². The second-order valence-corrected chi connectivity index (χ2v) is 5.80. The van der Waals surface area contributed by atoms with Crippen LogP contribution in [0.2, 0.25) is 0 Å². The van der Waals surface area contributed by atoms with E-state index in [1.807, 2.05) is 30.3 Å². The van der Waals surface area contributed by atoms with Gasteiger partial charge in [0.15, 0.2) is 0 Å². The number of esters is 1. The van der Waals surface area contributed by atoms with Crippen LogP contribution in [0.1, 0.15) is 22.8 Å². The number of benzene rings is 2. The summed E-state index contributed by atoms with van der Waals surface area (Å²) in [5.41, 5.74) is 7.70. The van der Waals surface area contributed by atoms with E-state index in [4.69, 9.17) is 15.2 Å². The van der Waals surface area contributed by atoms with E-state index in [0.29, 0.717) is 23.1 Å². The molecule has 0 saturated carbocycles. The first-order valence-electron chi connectivity index (χ1n) is 8.27. The molecule has 6 nitrogen and oxygen atoms in total. The third-order valence-electron chi connectivity index (χ3n) is 4.17. The average Bonchev–Trinajstić information content (AvgIpc) is 2.65. The zero-order valence-corrected chi connectivity index (χ0v) is 14.7. The van der Waals surface area contributed by atoms with Crippen molar-refractivity contribution < 1.29 is 14.3 Å². The van der Waals surface area contributed by atoms with Crippen molar-refractivity contribution in [3.63, 3.8) is 0 Å². The highest BCUT2D eigenvalue weighted by atomic mass is 16.5. The smallest absolute Gasteiger partial charge is 0.343 e. The predicted molar refractivity (Wildman–Crippen MR) is 101 cm³/mol. The van der Waals surface area contributed by atoms with Gasteiger partial charge in [0.25, 0.3) is 5.56 Å². The van der Waals surface area contributed by atoms with Crippen molar-refractivity contribution >= 4 is 22.6 Å². The summed E-state index contributed by atoms with van der Waals surface area (Å²) >= 11 is 0. The Kier molecular flexibility index (Phi) is 4.93. The Morgan fingerprint density at radius 3 is 2.54 bits per heavy atom. The van der Waals surface area contributed by atoms with E-state index in [1.165, 1.54) is 6.07 Å². The van der Waals surface area contributed by atoms with Gasteiger partial charge in [-0.05, 0) is 42.8 Å². The van der Waals surface area contributed by atoms with E-state index >= 15 is 0 Å². The minimum absolute atomic E-state index is 0.0224. The molecule has 134 valence electrons. The fraction of sp³-hybridized carbons (Fsp3) is 0.200. The maximum atomic E-state index is 12.9. The molecule has 26 heavy (non-hydrogen) atoms. The van der Waals surface area contributed by atoms with E-state index < -0.39 is 11.5 Å². The first-order valence-corrected chi connectivity index (χ1v) is 8.27. The largest absolute Gasteiger partial charge is 0.497 e. The number of carbonyl (C=O) groups excluding carboxylic acids is 1. The third-order valence-corrected chi connectivity index (χ3v) is 4.17. The normalized spacial score (nSPS) is 10.7. The summed E-state index contributed by atoms with van der Waals surface area (Å²) < 4.78 is 11.7. The lowest BCUT2D eigenvalue weighted by Gasteiger charge is -2.14. The number of rotatable bonds is 5. The standard InChI is InChI=1S/C20H20N2O4/c1-3-26-20(24)16-11-15-17(21)5-4-6-18(15)22(19(16)23)12-13-7-9-14(25-2)10-8-13/h4-11H,3,12,21H2,1-2H3. The number of methoxy groups -OCH3 is 1. The van der Waals surface area contributed by atoms with Crippen molar-refractivity contribution in [1.29, 1.82) is 0 Å². The molecule has 3 rings (SSSR count). The van der Waals surface area contributed by atoms with Crippen molar-refractivity contribution in [3.05, 3.63) is 70.0 Å². The monoisotopic (exact) mass is 352 g/mol. The molecule has 0 aliphatic carbocycles. The quantitative estimate of drug-likeness (QED) is 0.564. The zero-order valence-electron chi connectivity index (χ0n) is 14.7. The second-order valence-electron chi connectivity index (χ2n) is 5.80. The molecule has 0 atom stereocenters. The van der Waals surface area contributed by atoms with Gasteiger partial charge in [-0.15, -0.1) is 0 Å². The summed E-state index contributed by atoms with van der Waals surface area (Å²) in [6.07, 6.45) is 0. The number of nitrogen functional groups attached to an aromatic ring is 1. The number of fused-ring (bicyclic) bond motifs is 1. The fourth-order valence-electron chi connectivity index (χ4n) is 2.85. The highest BCUT2D eigenvalue weighted by Gasteiger charge is 2.18. The lowest BCUT2D eigenvalue weighted by molar-refractivity contribution is 0.0524. The van der Waals surface area contributed by atoms with E-state index in [2.05, 4.69) is 0 Å². The van der Waals surface area contributed by atoms with Crippen molar-refractivity contribution in [1.82, 2.24) is 4.57 Å². The molecule has 6 heteroatoms. The van der Waals surface area contributed by atoms with Gasteiger partial charge in [-0.1, -0.05) is 18.2 Å². The Balaban J connectivity index is 2.18. The lowest BCUT2D eigenvalue weighted by atomic mass is 10.1. The van der Waals surface area contributed by atoms with Crippen LogP contribution in [0, 0.1) is 0 Å². The summed E-state index contributed by atoms with van der Waals surface area (Å²) in [6.45, 7) is 2.19. The summed E-state index contributed by atoms with van der Waals surface area (Å²) in [4.78, 5) is 25.2. The summed E-state index contributed by atoms with van der Waals surface area (Å²) in [6, 6.07) is 14.2. The molecule has 0 bridgehead atoms. The number of hydrogen-bond acceptors (Lipinski definition) is 5. The molecule has 0 spiro atoms. The van der Waals surface area contributed by atoms with Gasteiger partial charge in [-0.2, -0.15) is 0 Å². The van der Waals surface area contributed by atoms with Crippen molar-refractivity contribution in [3.8, 4) is 5.75 Å². The van der Waals surface area contributed by atoms with Crippen LogP contribution < -0.4 is 16.0 Å². The lowest BCUT2D eigenvalue weighted by Crippen LogP contribution is -2.28. The van der Waals surface area contributed by atoms with Gasteiger partial charge in [0, 0.05) is 11.1 Å². The van der Waals surface area contributed by atoms with Crippen LogP contribution in [0.15, 0.2) is 53.3 Å². The van der Waals surface area contributed by atoms with E-state index in [-0.39, 0.29) is 12.2 Å². The molecule has 0 radical (unpaired) electrons. The molecule has 1 heterocycles. The Morgan fingerprint density at radius 2 is 1.88 bits per heavy atom. The van der Waals surface area contributed by atoms with Gasteiger partial charge in [0.05, 0.1) is 25.8 Å². The zero-order chi connectivity index (χ0) is 18.7. The predicted octanol–water partition coefficient (Wildman–Crippen LogP) is 2.82. The van der Waals surface area contributed by atoms with E-state index in [0.717, 1.165) is 11.3 Å². The third kappa shape index (κ3) is 3.26.